The number of nitrogens with zero attached hydrogens (tertiary/aromatic N) is 2. The molecule has 0 N–H and O–H groups in total. The van der Waals surface area contributed by atoms with Gasteiger partial charge < -0.3 is 4.84 Å². The molecule has 3 heteroatoms. The first-order chi connectivity index (χ1) is 9.12. The zero-order valence-corrected chi connectivity index (χ0v) is 11.6. The maximum Gasteiger partial charge on any atom is 0.146 e. The van der Waals surface area contributed by atoms with E-state index in [4.69, 9.17) is 4.84 Å². The van der Waals surface area contributed by atoms with E-state index in [1.54, 1.807) is 0 Å². The highest BCUT2D eigenvalue weighted by Gasteiger charge is 2.64. The number of aromatic nitrogens is 1. The van der Waals surface area contributed by atoms with Gasteiger partial charge in [0.05, 0.1) is 5.69 Å². The average Bonchev–Trinajstić information content (AvgIpc) is 2.83. The molecular formula is C16H20N2O. The first-order valence-corrected chi connectivity index (χ1v) is 7.28. The van der Waals surface area contributed by atoms with Crippen LogP contribution < -0.4 is 0 Å². The van der Waals surface area contributed by atoms with E-state index >= 15 is 0 Å². The number of hydrogen-bond acceptors (Lipinski definition) is 3. The molecule has 1 spiro atoms. The van der Waals surface area contributed by atoms with E-state index in [2.05, 4.69) is 24.0 Å². The van der Waals surface area contributed by atoms with E-state index in [0.29, 0.717) is 11.3 Å². The molecule has 3 nitrogen and oxygen atoms in total. The molecule has 3 atom stereocenters. The van der Waals surface area contributed by atoms with E-state index in [9.17, 15) is 0 Å². The molecule has 0 radical (unpaired) electrons. The van der Waals surface area contributed by atoms with Crippen LogP contribution in [0.3, 0.4) is 0 Å². The van der Waals surface area contributed by atoms with Crippen LogP contribution in [0.4, 0.5) is 0 Å². The third-order valence-electron chi connectivity index (χ3n) is 5.79. The highest BCUT2D eigenvalue weighted by atomic mass is 16.7. The van der Waals surface area contributed by atoms with Crippen molar-refractivity contribution < 1.29 is 4.84 Å². The highest BCUT2D eigenvalue weighted by molar-refractivity contribution is 6.00. The monoisotopic (exact) mass is 256 g/mol. The van der Waals surface area contributed by atoms with E-state index < -0.39 is 0 Å². The zero-order chi connectivity index (χ0) is 13.1. The molecule has 0 aromatic carbocycles. The van der Waals surface area contributed by atoms with Gasteiger partial charge in [0.2, 0.25) is 0 Å². The molecule has 4 aliphatic rings. The van der Waals surface area contributed by atoms with Crippen molar-refractivity contribution in [3.05, 3.63) is 30.1 Å². The maximum absolute atomic E-state index is 5.98. The molecule has 3 saturated carbocycles. The van der Waals surface area contributed by atoms with Crippen molar-refractivity contribution in [3.63, 3.8) is 0 Å². The molecule has 0 saturated heterocycles. The first-order valence-electron chi connectivity index (χ1n) is 7.28. The molecule has 100 valence electrons. The molecule has 19 heavy (non-hydrogen) atoms. The van der Waals surface area contributed by atoms with Crippen molar-refractivity contribution in [2.75, 3.05) is 0 Å². The van der Waals surface area contributed by atoms with Crippen LogP contribution in [0, 0.1) is 17.3 Å². The third-order valence-corrected chi connectivity index (χ3v) is 5.79. The summed E-state index contributed by atoms with van der Waals surface area (Å²) in [7, 11) is 0. The number of hydrogen-bond donors (Lipinski definition) is 0. The van der Waals surface area contributed by atoms with Crippen LogP contribution in [-0.4, -0.2) is 16.3 Å². The zero-order valence-electron chi connectivity index (χ0n) is 11.6. The van der Waals surface area contributed by atoms with Crippen molar-refractivity contribution in [2.24, 2.45) is 22.4 Å². The largest absolute Gasteiger partial charge is 0.388 e. The summed E-state index contributed by atoms with van der Waals surface area (Å²) in [5.41, 5.74) is 2.39. The highest BCUT2D eigenvalue weighted by Crippen LogP contribution is 2.65. The van der Waals surface area contributed by atoms with Crippen molar-refractivity contribution in [3.8, 4) is 0 Å². The van der Waals surface area contributed by atoms with Gasteiger partial charge in [0, 0.05) is 18.5 Å². The summed E-state index contributed by atoms with van der Waals surface area (Å²) in [6.07, 6.45) is 6.52. The predicted octanol–water partition coefficient (Wildman–Crippen LogP) is 3.40. The van der Waals surface area contributed by atoms with E-state index in [1.165, 1.54) is 12.8 Å². The Morgan fingerprint density at radius 1 is 1.32 bits per heavy atom. The van der Waals surface area contributed by atoms with Gasteiger partial charge in [0.15, 0.2) is 0 Å². The number of fused-ring (bicyclic) bond motifs is 1. The Hall–Kier alpha value is -1.38. The van der Waals surface area contributed by atoms with Crippen LogP contribution in [0.1, 0.15) is 45.2 Å². The molecule has 2 bridgehead atoms. The molecule has 0 amide bonds. The van der Waals surface area contributed by atoms with Crippen molar-refractivity contribution in [2.45, 2.75) is 45.1 Å². The van der Waals surface area contributed by atoms with Gasteiger partial charge in [0.25, 0.3) is 0 Å². The van der Waals surface area contributed by atoms with Crippen LogP contribution >= 0.6 is 0 Å². The minimum atomic E-state index is -0.0366. The smallest absolute Gasteiger partial charge is 0.146 e. The van der Waals surface area contributed by atoms with Gasteiger partial charge in [-0.25, -0.2) is 0 Å². The summed E-state index contributed by atoms with van der Waals surface area (Å²) in [5.74, 6) is 1.55. The van der Waals surface area contributed by atoms with Crippen molar-refractivity contribution in [1.29, 1.82) is 0 Å². The second-order valence-electron chi connectivity index (χ2n) is 6.93. The second kappa shape index (κ2) is 3.59. The third kappa shape index (κ3) is 1.44. The lowest BCUT2D eigenvalue weighted by Gasteiger charge is -2.62. The maximum atomic E-state index is 5.98. The van der Waals surface area contributed by atoms with Crippen LogP contribution in [0.2, 0.25) is 0 Å². The molecule has 3 unspecified atom stereocenters. The Labute approximate surface area is 114 Å². The molecule has 3 aliphatic carbocycles. The minimum absolute atomic E-state index is 0.0366. The van der Waals surface area contributed by atoms with Gasteiger partial charge in [-0.1, -0.05) is 25.1 Å². The van der Waals surface area contributed by atoms with Gasteiger partial charge in [0.1, 0.15) is 11.3 Å². The summed E-state index contributed by atoms with van der Waals surface area (Å²) in [4.78, 5) is 10.4. The lowest BCUT2D eigenvalue weighted by molar-refractivity contribution is -0.214. The molecule has 1 aliphatic heterocycles. The minimum Gasteiger partial charge on any atom is -0.388 e. The van der Waals surface area contributed by atoms with Crippen LogP contribution in [0.15, 0.2) is 29.6 Å². The Balaban J connectivity index is 1.61. The van der Waals surface area contributed by atoms with E-state index in [-0.39, 0.29) is 5.60 Å². The molecule has 1 aromatic heterocycles. The summed E-state index contributed by atoms with van der Waals surface area (Å²) < 4.78 is 0. The van der Waals surface area contributed by atoms with Crippen LogP contribution in [0.25, 0.3) is 0 Å². The lowest BCUT2D eigenvalue weighted by atomic mass is 9.43. The molecule has 5 rings (SSSR count). The summed E-state index contributed by atoms with van der Waals surface area (Å²) in [5, 5.41) is 4.38. The molecule has 1 aromatic rings. The predicted molar refractivity (Wildman–Crippen MR) is 73.8 cm³/mol. The summed E-state index contributed by atoms with van der Waals surface area (Å²) >= 11 is 0. The van der Waals surface area contributed by atoms with Crippen molar-refractivity contribution >= 4 is 5.71 Å². The van der Waals surface area contributed by atoms with Gasteiger partial charge in [-0.05, 0) is 42.7 Å². The van der Waals surface area contributed by atoms with Gasteiger partial charge in [-0.2, -0.15) is 0 Å². The number of oxime groups is 1. The fourth-order valence-corrected chi connectivity index (χ4v) is 4.48. The topological polar surface area (TPSA) is 34.5 Å². The van der Waals surface area contributed by atoms with E-state index in [1.807, 2.05) is 24.4 Å². The van der Waals surface area contributed by atoms with Gasteiger partial charge in [-0.15, -0.1) is 0 Å². The Morgan fingerprint density at radius 2 is 2.21 bits per heavy atom. The normalized spacial score (nSPS) is 38.5. The lowest BCUT2D eigenvalue weighted by Crippen LogP contribution is -2.61. The molecule has 2 heterocycles. The summed E-state index contributed by atoms with van der Waals surface area (Å²) in [6, 6.07) is 5.98. The quantitative estimate of drug-likeness (QED) is 0.771. The number of rotatable bonds is 1. The average molecular weight is 256 g/mol. The van der Waals surface area contributed by atoms with Crippen LogP contribution in [-0.2, 0) is 4.84 Å². The fraction of sp³-hybridized carbons (Fsp3) is 0.625. The fourth-order valence-electron chi connectivity index (χ4n) is 4.48. The van der Waals surface area contributed by atoms with Crippen molar-refractivity contribution in [1.82, 2.24) is 4.98 Å². The first kappa shape index (κ1) is 11.4. The standard InChI is InChI=1S/C16H20N2O/c1-15(2)11-6-7-16(14(15)9-11)10-13(18-19-16)12-5-3-4-8-17-12/h3-5,8,11,14H,6-7,9-10H2,1-2H3. The Bertz CT molecular complexity index is 535. The summed E-state index contributed by atoms with van der Waals surface area (Å²) in [6.45, 7) is 4.80. The van der Waals surface area contributed by atoms with Gasteiger partial charge >= 0.3 is 0 Å². The van der Waals surface area contributed by atoms with Crippen LogP contribution in [0.5, 0.6) is 0 Å². The Kier molecular flexibility index (Phi) is 2.16. The molecular weight excluding hydrogens is 236 g/mol. The van der Waals surface area contributed by atoms with E-state index in [0.717, 1.165) is 30.2 Å². The van der Waals surface area contributed by atoms with Gasteiger partial charge in [-0.3, -0.25) is 4.98 Å². The Morgan fingerprint density at radius 3 is 2.89 bits per heavy atom. The second-order valence-corrected chi connectivity index (χ2v) is 6.93. The SMILES string of the molecule is CC1(C)C2CCC3(CC(c4ccccn4)=NO3)C1C2. The number of pyridine rings is 1. The molecule has 3 fully saturated rings.